The van der Waals surface area contributed by atoms with Gasteiger partial charge in [-0.05, 0) is 19.3 Å². The lowest BCUT2D eigenvalue weighted by Crippen LogP contribution is -2.64. The third-order valence-corrected chi connectivity index (χ3v) is 13.8. The van der Waals surface area contributed by atoms with E-state index in [1.807, 2.05) is 0 Å². The van der Waals surface area contributed by atoms with E-state index in [1.54, 1.807) is 0 Å². The van der Waals surface area contributed by atoms with Crippen LogP contribution in [0.3, 0.4) is 0 Å². The van der Waals surface area contributed by atoms with Gasteiger partial charge in [0, 0.05) is 12.3 Å². The molecule has 0 aliphatic carbocycles. The zero-order valence-electron chi connectivity index (χ0n) is 32.4. The minimum atomic E-state index is -3.74. The van der Waals surface area contributed by atoms with Crippen LogP contribution in [-0.4, -0.2) is 170 Å². The molecule has 19 heteroatoms. The number of aliphatic hydroxyl groups is 7. The summed E-state index contributed by atoms with van der Waals surface area (Å²) in [7, 11) is -6.08. The van der Waals surface area contributed by atoms with E-state index < -0.39 is 118 Å². The summed E-state index contributed by atoms with van der Waals surface area (Å²) in [6.45, 7) is 0.0597. The molecule has 0 bridgehead atoms. The monoisotopic (exact) mass is 836 g/mol. The van der Waals surface area contributed by atoms with Crippen LogP contribution in [0.1, 0.15) is 103 Å². The second-order valence-electron chi connectivity index (χ2n) is 14.9. The molecule has 0 amide bonds. The van der Waals surface area contributed by atoms with Gasteiger partial charge >= 0.3 is 5.97 Å². The van der Waals surface area contributed by atoms with Crippen LogP contribution in [0.4, 0.5) is 0 Å². The quantitative estimate of drug-likeness (QED) is 0.0389. The third kappa shape index (κ3) is 18.2. The number of sulfone groups is 2. The maximum Gasteiger partial charge on any atom is 0.305 e. The van der Waals surface area contributed by atoms with Crippen molar-refractivity contribution < 1.29 is 81.1 Å². The fourth-order valence-electron chi connectivity index (χ4n) is 6.81. The molecule has 11 atom stereocenters. The van der Waals surface area contributed by atoms with Crippen molar-refractivity contribution in [2.75, 3.05) is 49.9 Å². The first-order valence-electron chi connectivity index (χ1n) is 19.8. The second kappa shape index (κ2) is 26.1. The van der Waals surface area contributed by atoms with Gasteiger partial charge in [-0.1, -0.05) is 77.6 Å². The smallest absolute Gasteiger partial charge is 0.305 e. The van der Waals surface area contributed by atoms with Crippen LogP contribution in [0.2, 0.25) is 0 Å². The standard InChI is InChI=1S/C36H68O17S2/c1-3-4-5-6-12-15-18-54(45,46)23-25(24-55(47,48)19-16-13-10-8-7-9-11-14-17-28(39)49-2)22-50-35-33(44)31(42)34(27(21-38)52-35)53-36-32(43)30(41)29(40)26(20-37)51-36/h25-27,29-38,40-44H,3-24H2,1-2H3/t25?,26-,27-,29+,30+,31-,32-,33-,34-,35-,36+/m1/s1. The van der Waals surface area contributed by atoms with Crippen LogP contribution in [-0.2, 0) is 48.2 Å². The van der Waals surface area contributed by atoms with Gasteiger partial charge in [-0.25, -0.2) is 16.8 Å². The molecule has 0 aromatic heterocycles. The van der Waals surface area contributed by atoms with Crippen molar-refractivity contribution in [1.82, 2.24) is 0 Å². The summed E-state index contributed by atoms with van der Waals surface area (Å²) in [5.41, 5.74) is 0. The highest BCUT2D eigenvalue weighted by Gasteiger charge is 2.51. The molecule has 0 saturated carbocycles. The Bertz CT molecular complexity index is 1260. The van der Waals surface area contributed by atoms with E-state index in [-0.39, 0.29) is 17.5 Å². The van der Waals surface area contributed by atoms with Crippen molar-refractivity contribution >= 4 is 25.6 Å². The SMILES string of the molecule is CCCCCCCCS(=O)(=O)CC(CO[C@@H]1O[C@H](CO)[C@@H](O[C@@H]2O[C@H](CO)[C@H](O)[C@H](O)[C@H]2O)[C@H](O)[C@H]1O)CS(=O)(=O)CCCCCCCCCCC(=O)OC. The van der Waals surface area contributed by atoms with E-state index in [1.165, 1.54) is 7.11 Å². The van der Waals surface area contributed by atoms with Gasteiger partial charge in [0.15, 0.2) is 32.3 Å². The summed E-state index contributed by atoms with van der Waals surface area (Å²) >= 11 is 0. The molecule has 2 fully saturated rings. The molecular formula is C36H68O17S2. The van der Waals surface area contributed by atoms with Gasteiger partial charge in [0.2, 0.25) is 0 Å². The van der Waals surface area contributed by atoms with E-state index in [9.17, 15) is 57.4 Å². The molecule has 2 aliphatic rings. The predicted molar refractivity (Wildman–Crippen MR) is 200 cm³/mol. The van der Waals surface area contributed by atoms with Crippen molar-refractivity contribution in [3.63, 3.8) is 0 Å². The Balaban J connectivity index is 2.01. The van der Waals surface area contributed by atoms with Crippen molar-refractivity contribution in [2.24, 2.45) is 5.92 Å². The molecule has 0 radical (unpaired) electrons. The maximum atomic E-state index is 13.2. The Hall–Kier alpha value is -1.07. The first kappa shape index (κ1) is 50.1. The van der Waals surface area contributed by atoms with E-state index in [2.05, 4.69) is 11.7 Å². The van der Waals surface area contributed by atoms with Crippen molar-refractivity contribution in [3.8, 4) is 0 Å². The topological polar surface area (TPSA) is 273 Å². The lowest BCUT2D eigenvalue weighted by Gasteiger charge is -2.46. The van der Waals surface area contributed by atoms with E-state index in [4.69, 9.17) is 18.9 Å². The largest absolute Gasteiger partial charge is 0.469 e. The normalized spacial score (nSPS) is 29.6. The molecule has 2 rings (SSSR count). The molecule has 1 unspecified atom stereocenters. The number of aliphatic hydroxyl groups excluding tert-OH is 7. The molecule has 2 aliphatic heterocycles. The van der Waals surface area contributed by atoms with Crippen molar-refractivity contribution in [1.29, 1.82) is 0 Å². The summed E-state index contributed by atoms with van der Waals surface area (Å²) in [5.74, 6) is -2.52. The van der Waals surface area contributed by atoms with Gasteiger partial charge in [0.25, 0.3) is 0 Å². The molecule has 0 aromatic carbocycles. The molecule has 17 nitrogen and oxygen atoms in total. The zero-order chi connectivity index (χ0) is 41.0. The Morgan fingerprint density at radius 2 is 1.09 bits per heavy atom. The number of ether oxygens (including phenoxy) is 5. The predicted octanol–water partition coefficient (Wildman–Crippen LogP) is 0.117. The number of rotatable bonds is 29. The molecule has 2 saturated heterocycles. The summed E-state index contributed by atoms with van der Waals surface area (Å²) in [6.07, 6.45) is -4.70. The lowest BCUT2D eigenvalue weighted by molar-refractivity contribution is -0.359. The van der Waals surface area contributed by atoms with Crippen LogP contribution < -0.4 is 0 Å². The van der Waals surface area contributed by atoms with Crippen LogP contribution in [0.15, 0.2) is 0 Å². The number of hydrogen-bond acceptors (Lipinski definition) is 17. The Kier molecular flexibility index (Phi) is 23.8. The third-order valence-electron chi connectivity index (χ3n) is 10.1. The lowest BCUT2D eigenvalue weighted by atomic mass is 9.97. The van der Waals surface area contributed by atoms with Gasteiger partial charge in [-0.2, -0.15) is 0 Å². The first-order valence-corrected chi connectivity index (χ1v) is 23.4. The van der Waals surface area contributed by atoms with Gasteiger partial charge < -0.3 is 59.4 Å². The zero-order valence-corrected chi connectivity index (χ0v) is 34.1. The van der Waals surface area contributed by atoms with Gasteiger partial charge in [0.05, 0.1) is 49.9 Å². The Labute approximate surface area is 326 Å². The van der Waals surface area contributed by atoms with Crippen molar-refractivity contribution in [3.05, 3.63) is 0 Å². The number of carbonyl (C=O) groups excluding carboxylic acids is 1. The average molecular weight is 837 g/mol. The fourth-order valence-corrected chi connectivity index (χ4v) is 10.4. The fraction of sp³-hybridized carbons (Fsp3) is 0.972. The van der Waals surface area contributed by atoms with Crippen LogP contribution in [0.5, 0.6) is 0 Å². The number of esters is 1. The van der Waals surface area contributed by atoms with E-state index in [0.717, 1.165) is 70.6 Å². The minimum absolute atomic E-state index is 0.122. The molecule has 0 aromatic rings. The molecular weight excluding hydrogens is 769 g/mol. The highest BCUT2D eigenvalue weighted by molar-refractivity contribution is 7.92. The highest BCUT2D eigenvalue weighted by Crippen LogP contribution is 2.30. The van der Waals surface area contributed by atoms with E-state index >= 15 is 0 Å². The first-order chi connectivity index (χ1) is 26.1. The average Bonchev–Trinajstić information content (AvgIpc) is 3.14. The van der Waals surface area contributed by atoms with E-state index in [0.29, 0.717) is 25.7 Å². The Morgan fingerprint density at radius 1 is 0.618 bits per heavy atom. The number of methoxy groups -OCH3 is 1. The maximum absolute atomic E-state index is 13.2. The number of carbonyl (C=O) groups is 1. The summed E-state index contributed by atoms with van der Waals surface area (Å²) in [4.78, 5) is 11.2. The van der Waals surface area contributed by atoms with Gasteiger partial charge in [0.1, 0.15) is 48.8 Å². The molecule has 2 heterocycles. The molecule has 326 valence electrons. The molecule has 7 N–H and O–H groups in total. The van der Waals surface area contributed by atoms with Crippen LogP contribution in [0, 0.1) is 5.92 Å². The van der Waals surface area contributed by atoms with Gasteiger partial charge in [-0.15, -0.1) is 0 Å². The summed E-state index contributed by atoms with van der Waals surface area (Å²) in [6, 6.07) is 0. The number of hydrogen-bond donors (Lipinski definition) is 7. The van der Waals surface area contributed by atoms with Crippen molar-refractivity contribution in [2.45, 2.75) is 165 Å². The Morgan fingerprint density at radius 3 is 1.60 bits per heavy atom. The second-order valence-corrected chi connectivity index (χ2v) is 19.3. The highest BCUT2D eigenvalue weighted by atomic mass is 32.2. The molecule has 55 heavy (non-hydrogen) atoms. The summed E-state index contributed by atoms with van der Waals surface area (Å²) in [5, 5.41) is 72.0. The van der Waals surface area contributed by atoms with Crippen LogP contribution in [0.25, 0.3) is 0 Å². The minimum Gasteiger partial charge on any atom is -0.469 e. The summed E-state index contributed by atoms with van der Waals surface area (Å²) < 4.78 is 79.8. The molecule has 0 spiro atoms. The van der Waals surface area contributed by atoms with Crippen LogP contribution >= 0.6 is 0 Å². The van der Waals surface area contributed by atoms with Gasteiger partial charge in [-0.3, -0.25) is 4.79 Å². The number of unbranched alkanes of at least 4 members (excludes halogenated alkanes) is 12.